The highest BCUT2D eigenvalue weighted by atomic mass is 32.2. The zero-order valence-electron chi connectivity index (χ0n) is 14.1. The number of benzene rings is 2. The molecule has 2 rings (SSSR count). The summed E-state index contributed by atoms with van der Waals surface area (Å²) in [4.78, 5) is 12.7. The summed E-state index contributed by atoms with van der Waals surface area (Å²) in [6.07, 6.45) is 1.48. The Balaban J connectivity index is 2.36. The summed E-state index contributed by atoms with van der Waals surface area (Å²) >= 11 is 0. The van der Waals surface area contributed by atoms with E-state index in [0.717, 1.165) is 11.8 Å². The van der Waals surface area contributed by atoms with Crippen LogP contribution >= 0.6 is 0 Å². The molecule has 0 aromatic heterocycles. The van der Waals surface area contributed by atoms with Crippen LogP contribution in [0.3, 0.4) is 0 Å². The quantitative estimate of drug-likeness (QED) is 0.873. The molecule has 2 aromatic rings. The van der Waals surface area contributed by atoms with Gasteiger partial charge in [0.05, 0.1) is 11.9 Å². The third-order valence-corrected chi connectivity index (χ3v) is 4.92. The number of carbonyl (C=O) groups is 1. The molecule has 0 bridgehead atoms. The third kappa shape index (κ3) is 4.14. The summed E-state index contributed by atoms with van der Waals surface area (Å²) in [5.41, 5.74) is 2.08. The van der Waals surface area contributed by atoms with E-state index in [9.17, 15) is 13.2 Å². The lowest BCUT2D eigenvalue weighted by Gasteiger charge is -2.30. The molecule has 0 fully saturated rings. The summed E-state index contributed by atoms with van der Waals surface area (Å²) in [5, 5.41) is 2.84. The van der Waals surface area contributed by atoms with Crippen LogP contribution < -0.4 is 9.62 Å². The number of nitrogens with zero attached hydrogens (tertiary/aromatic N) is 1. The van der Waals surface area contributed by atoms with Gasteiger partial charge in [0, 0.05) is 5.69 Å². The Morgan fingerprint density at radius 1 is 1.08 bits per heavy atom. The number of anilines is 2. The fraction of sp³-hybridized carbons (Fsp3) is 0.278. The van der Waals surface area contributed by atoms with E-state index in [4.69, 9.17) is 0 Å². The van der Waals surface area contributed by atoms with E-state index in [1.54, 1.807) is 43.3 Å². The first-order chi connectivity index (χ1) is 11.3. The van der Waals surface area contributed by atoms with Crippen LogP contribution in [0.4, 0.5) is 11.4 Å². The molecule has 1 N–H and O–H groups in total. The highest BCUT2D eigenvalue weighted by Crippen LogP contribution is 2.23. The van der Waals surface area contributed by atoms with Crippen molar-refractivity contribution in [1.82, 2.24) is 0 Å². The number of hydrogen-bond acceptors (Lipinski definition) is 3. The monoisotopic (exact) mass is 346 g/mol. The molecule has 1 atom stereocenters. The van der Waals surface area contributed by atoms with Crippen molar-refractivity contribution < 1.29 is 13.2 Å². The first-order valence-electron chi connectivity index (χ1n) is 7.75. The van der Waals surface area contributed by atoms with Gasteiger partial charge >= 0.3 is 0 Å². The van der Waals surface area contributed by atoms with Crippen molar-refractivity contribution in [2.75, 3.05) is 15.9 Å². The molecule has 128 valence electrons. The standard InChI is InChI=1S/C18H22N2O3S/c1-4-17(18(21)19-16-13-9-8-10-14(16)2)20(24(3,22)23)15-11-6-5-7-12-15/h5-13,17H,4H2,1-3H3,(H,19,21). The lowest BCUT2D eigenvalue weighted by Crippen LogP contribution is -2.47. The van der Waals surface area contributed by atoms with E-state index in [-0.39, 0.29) is 5.91 Å². The second-order valence-corrected chi connectivity index (χ2v) is 7.48. The normalized spacial score (nSPS) is 12.5. The van der Waals surface area contributed by atoms with Crippen LogP contribution in [0, 0.1) is 6.92 Å². The van der Waals surface area contributed by atoms with E-state index >= 15 is 0 Å². The van der Waals surface area contributed by atoms with Crippen LogP contribution in [0.1, 0.15) is 18.9 Å². The average molecular weight is 346 g/mol. The molecule has 0 aliphatic heterocycles. The van der Waals surface area contributed by atoms with E-state index in [1.807, 2.05) is 25.1 Å². The summed E-state index contributed by atoms with van der Waals surface area (Å²) in [5.74, 6) is -0.346. The van der Waals surface area contributed by atoms with Gasteiger partial charge in [0.15, 0.2) is 0 Å². The fourth-order valence-corrected chi connectivity index (χ4v) is 3.78. The molecular formula is C18H22N2O3S. The van der Waals surface area contributed by atoms with Crippen molar-refractivity contribution >= 4 is 27.3 Å². The average Bonchev–Trinajstić information content (AvgIpc) is 2.54. The van der Waals surface area contributed by atoms with Crippen molar-refractivity contribution in [2.45, 2.75) is 26.3 Å². The van der Waals surface area contributed by atoms with Gasteiger partial charge < -0.3 is 5.32 Å². The van der Waals surface area contributed by atoms with Gasteiger partial charge in [-0.3, -0.25) is 9.10 Å². The molecule has 0 heterocycles. The Labute approximate surface area is 143 Å². The molecule has 0 aliphatic rings. The molecule has 0 spiro atoms. The molecule has 0 radical (unpaired) electrons. The van der Waals surface area contributed by atoms with Crippen LogP contribution in [0.5, 0.6) is 0 Å². The number of aryl methyl sites for hydroxylation is 1. The number of para-hydroxylation sites is 2. The lowest BCUT2D eigenvalue weighted by molar-refractivity contribution is -0.117. The van der Waals surface area contributed by atoms with Crippen LogP contribution in [0.25, 0.3) is 0 Å². The minimum atomic E-state index is -3.60. The highest BCUT2D eigenvalue weighted by Gasteiger charge is 2.31. The van der Waals surface area contributed by atoms with Crippen LogP contribution in [0.15, 0.2) is 54.6 Å². The number of rotatable bonds is 6. The summed E-state index contributed by atoms with van der Waals surface area (Å²) in [6.45, 7) is 3.69. The zero-order valence-corrected chi connectivity index (χ0v) is 14.9. The maximum absolute atomic E-state index is 12.7. The van der Waals surface area contributed by atoms with E-state index in [1.165, 1.54) is 4.31 Å². The molecule has 1 unspecified atom stereocenters. The number of sulfonamides is 1. The van der Waals surface area contributed by atoms with E-state index in [2.05, 4.69) is 5.32 Å². The number of nitrogens with one attached hydrogen (secondary N) is 1. The van der Waals surface area contributed by atoms with Gasteiger partial charge in [-0.2, -0.15) is 0 Å². The van der Waals surface area contributed by atoms with Crippen molar-refractivity contribution in [1.29, 1.82) is 0 Å². The van der Waals surface area contributed by atoms with Gasteiger partial charge in [-0.05, 0) is 37.1 Å². The molecule has 6 heteroatoms. The van der Waals surface area contributed by atoms with Gasteiger partial charge in [0.2, 0.25) is 15.9 Å². The maximum Gasteiger partial charge on any atom is 0.248 e. The van der Waals surface area contributed by atoms with Gasteiger partial charge in [0.1, 0.15) is 6.04 Å². The minimum absolute atomic E-state index is 0.346. The summed E-state index contributed by atoms with van der Waals surface area (Å²) < 4.78 is 25.8. The highest BCUT2D eigenvalue weighted by molar-refractivity contribution is 7.92. The fourth-order valence-electron chi connectivity index (χ4n) is 2.56. The Morgan fingerprint density at radius 3 is 2.21 bits per heavy atom. The number of amides is 1. The van der Waals surface area contributed by atoms with Crippen molar-refractivity contribution in [2.24, 2.45) is 0 Å². The number of hydrogen-bond donors (Lipinski definition) is 1. The molecule has 5 nitrogen and oxygen atoms in total. The zero-order chi connectivity index (χ0) is 17.7. The summed E-state index contributed by atoms with van der Waals surface area (Å²) in [6, 6.07) is 15.3. The second kappa shape index (κ2) is 7.49. The predicted octanol–water partition coefficient (Wildman–Crippen LogP) is 3.18. The molecule has 0 saturated heterocycles. The Bertz CT molecular complexity index is 804. The van der Waals surface area contributed by atoms with Crippen LogP contribution in [0.2, 0.25) is 0 Å². The first-order valence-corrected chi connectivity index (χ1v) is 9.60. The van der Waals surface area contributed by atoms with E-state index in [0.29, 0.717) is 17.8 Å². The minimum Gasteiger partial charge on any atom is -0.324 e. The van der Waals surface area contributed by atoms with Crippen molar-refractivity contribution in [3.05, 3.63) is 60.2 Å². The molecular weight excluding hydrogens is 324 g/mol. The molecule has 0 saturated carbocycles. The Morgan fingerprint density at radius 2 is 1.67 bits per heavy atom. The molecule has 24 heavy (non-hydrogen) atoms. The smallest absolute Gasteiger partial charge is 0.248 e. The third-order valence-electron chi connectivity index (χ3n) is 3.74. The Hall–Kier alpha value is -2.34. The maximum atomic E-state index is 12.7. The van der Waals surface area contributed by atoms with Crippen molar-refractivity contribution in [3.8, 4) is 0 Å². The van der Waals surface area contributed by atoms with Crippen LogP contribution in [-0.4, -0.2) is 26.6 Å². The van der Waals surface area contributed by atoms with Gasteiger partial charge in [-0.1, -0.05) is 43.3 Å². The molecule has 1 amide bonds. The topological polar surface area (TPSA) is 66.5 Å². The van der Waals surface area contributed by atoms with Crippen LogP contribution in [-0.2, 0) is 14.8 Å². The first kappa shape index (κ1) is 18.0. The predicted molar refractivity (Wildman–Crippen MR) is 97.7 cm³/mol. The Kier molecular flexibility index (Phi) is 5.62. The summed E-state index contributed by atoms with van der Waals surface area (Å²) in [7, 11) is -3.60. The van der Waals surface area contributed by atoms with Gasteiger partial charge in [0.25, 0.3) is 0 Å². The SMILES string of the molecule is CCC(C(=O)Nc1ccccc1C)N(c1ccccc1)S(C)(=O)=O. The second-order valence-electron chi connectivity index (χ2n) is 5.62. The van der Waals surface area contributed by atoms with Gasteiger partial charge in [-0.15, -0.1) is 0 Å². The number of carbonyl (C=O) groups excluding carboxylic acids is 1. The molecule has 2 aromatic carbocycles. The van der Waals surface area contributed by atoms with Gasteiger partial charge in [-0.25, -0.2) is 8.42 Å². The van der Waals surface area contributed by atoms with E-state index < -0.39 is 16.1 Å². The largest absolute Gasteiger partial charge is 0.324 e. The van der Waals surface area contributed by atoms with Crippen molar-refractivity contribution in [3.63, 3.8) is 0 Å². The molecule has 0 aliphatic carbocycles. The lowest BCUT2D eigenvalue weighted by atomic mass is 10.1.